The number of hydrogen-bond donors (Lipinski definition) is 1. The van der Waals surface area contributed by atoms with Crippen LogP contribution in [0.15, 0.2) is 36.7 Å². The van der Waals surface area contributed by atoms with E-state index in [4.69, 9.17) is 16.3 Å². The van der Waals surface area contributed by atoms with Gasteiger partial charge in [-0.3, -0.25) is 4.98 Å². The second-order valence-electron chi connectivity index (χ2n) is 4.66. The average Bonchev–Trinajstić information content (AvgIpc) is 2.88. The number of fused-ring (bicyclic) bond motifs is 1. The Morgan fingerprint density at radius 2 is 2.32 bits per heavy atom. The van der Waals surface area contributed by atoms with Gasteiger partial charge in [0, 0.05) is 30.3 Å². The molecule has 1 aromatic heterocycles. The standard InChI is InChI=1S/C15H14ClNO2/c16-13-6-10-3-5-19-15(10)12(7-13)8-14(18)11-2-1-4-17-9-11/h1-2,4,6-7,9,14,18H,3,5,8H2. The lowest BCUT2D eigenvalue weighted by atomic mass is 10.00. The van der Waals surface area contributed by atoms with Crippen LogP contribution in [0.5, 0.6) is 5.75 Å². The Bertz CT molecular complexity index is 586. The summed E-state index contributed by atoms with van der Waals surface area (Å²) in [7, 11) is 0. The first-order valence-electron chi connectivity index (χ1n) is 6.26. The quantitative estimate of drug-likeness (QED) is 0.936. The van der Waals surface area contributed by atoms with Gasteiger partial charge in [0.05, 0.1) is 12.7 Å². The minimum atomic E-state index is -0.597. The van der Waals surface area contributed by atoms with Crippen LogP contribution in [-0.4, -0.2) is 16.7 Å². The van der Waals surface area contributed by atoms with Crippen LogP contribution in [0.1, 0.15) is 22.8 Å². The summed E-state index contributed by atoms with van der Waals surface area (Å²) in [5.74, 6) is 0.882. The molecule has 0 saturated heterocycles. The highest BCUT2D eigenvalue weighted by Crippen LogP contribution is 2.35. The van der Waals surface area contributed by atoms with Crippen LogP contribution in [0.3, 0.4) is 0 Å². The molecule has 0 amide bonds. The van der Waals surface area contributed by atoms with Crippen molar-refractivity contribution in [3.05, 3.63) is 58.4 Å². The van der Waals surface area contributed by atoms with E-state index >= 15 is 0 Å². The molecule has 98 valence electrons. The zero-order valence-corrected chi connectivity index (χ0v) is 11.1. The molecule has 0 saturated carbocycles. The summed E-state index contributed by atoms with van der Waals surface area (Å²) >= 11 is 6.11. The number of pyridine rings is 1. The molecule has 3 rings (SSSR count). The van der Waals surface area contributed by atoms with Crippen LogP contribution < -0.4 is 4.74 Å². The van der Waals surface area contributed by atoms with Crippen LogP contribution in [0.2, 0.25) is 5.02 Å². The number of benzene rings is 1. The number of hydrogen-bond acceptors (Lipinski definition) is 3. The Balaban J connectivity index is 1.88. The third kappa shape index (κ3) is 2.57. The SMILES string of the molecule is OC(Cc1cc(Cl)cc2c1OCC2)c1cccnc1. The normalized spacial score (nSPS) is 14.8. The van der Waals surface area contributed by atoms with Gasteiger partial charge >= 0.3 is 0 Å². The molecule has 1 aliphatic heterocycles. The molecular weight excluding hydrogens is 262 g/mol. The summed E-state index contributed by atoms with van der Waals surface area (Å²) < 4.78 is 5.64. The number of aromatic nitrogens is 1. The summed E-state index contributed by atoms with van der Waals surface area (Å²) in [6, 6.07) is 7.48. The fourth-order valence-corrected chi connectivity index (χ4v) is 2.66. The first-order chi connectivity index (χ1) is 9.24. The smallest absolute Gasteiger partial charge is 0.126 e. The van der Waals surface area contributed by atoms with Gasteiger partial charge in [-0.1, -0.05) is 17.7 Å². The van der Waals surface area contributed by atoms with Gasteiger partial charge in [-0.05, 0) is 34.9 Å². The van der Waals surface area contributed by atoms with Gasteiger partial charge in [0.15, 0.2) is 0 Å². The molecular formula is C15H14ClNO2. The monoisotopic (exact) mass is 275 g/mol. The van der Waals surface area contributed by atoms with Crippen LogP contribution in [0.4, 0.5) is 0 Å². The molecule has 19 heavy (non-hydrogen) atoms. The predicted octanol–water partition coefficient (Wildman–Crippen LogP) is 2.95. The summed E-state index contributed by atoms with van der Waals surface area (Å²) in [5.41, 5.74) is 2.88. The van der Waals surface area contributed by atoms with Crippen LogP contribution >= 0.6 is 11.6 Å². The number of ether oxygens (including phenoxy) is 1. The van der Waals surface area contributed by atoms with E-state index in [-0.39, 0.29) is 0 Å². The second-order valence-corrected chi connectivity index (χ2v) is 5.09. The number of aliphatic hydroxyl groups excluding tert-OH is 1. The molecule has 2 heterocycles. The zero-order valence-electron chi connectivity index (χ0n) is 10.3. The Kier molecular flexibility index (Phi) is 3.40. The lowest BCUT2D eigenvalue weighted by molar-refractivity contribution is 0.176. The van der Waals surface area contributed by atoms with Crippen molar-refractivity contribution in [1.82, 2.24) is 4.98 Å². The van der Waals surface area contributed by atoms with Gasteiger partial charge in [-0.15, -0.1) is 0 Å². The van der Waals surface area contributed by atoms with E-state index in [0.717, 1.165) is 28.9 Å². The van der Waals surface area contributed by atoms with Crippen LogP contribution in [0.25, 0.3) is 0 Å². The lowest BCUT2D eigenvalue weighted by Gasteiger charge is -2.13. The van der Waals surface area contributed by atoms with Crippen molar-refractivity contribution in [2.75, 3.05) is 6.61 Å². The number of rotatable bonds is 3. The Morgan fingerprint density at radius 1 is 1.42 bits per heavy atom. The highest BCUT2D eigenvalue weighted by molar-refractivity contribution is 6.30. The van der Waals surface area contributed by atoms with E-state index in [1.54, 1.807) is 12.4 Å². The Hall–Kier alpha value is -1.58. The van der Waals surface area contributed by atoms with E-state index < -0.39 is 6.10 Å². The molecule has 1 aromatic carbocycles. The molecule has 0 spiro atoms. The van der Waals surface area contributed by atoms with E-state index in [2.05, 4.69) is 4.98 Å². The number of aliphatic hydroxyl groups is 1. The van der Waals surface area contributed by atoms with Crippen LogP contribution in [-0.2, 0) is 12.8 Å². The van der Waals surface area contributed by atoms with Crippen molar-refractivity contribution in [3.63, 3.8) is 0 Å². The molecule has 0 radical (unpaired) electrons. The number of halogens is 1. The molecule has 1 atom stereocenters. The molecule has 2 aromatic rings. The summed E-state index contributed by atoms with van der Waals surface area (Å²) in [6.45, 7) is 0.686. The fraction of sp³-hybridized carbons (Fsp3) is 0.267. The van der Waals surface area contributed by atoms with Crippen molar-refractivity contribution in [2.24, 2.45) is 0 Å². The van der Waals surface area contributed by atoms with Crippen molar-refractivity contribution in [2.45, 2.75) is 18.9 Å². The van der Waals surface area contributed by atoms with Gasteiger partial charge in [0.2, 0.25) is 0 Å². The van der Waals surface area contributed by atoms with Crippen molar-refractivity contribution in [3.8, 4) is 5.75 Å². The fourth-order valence-electron chi connectivity index (χ4n) is 2.40. The Labute approximate surface area is 116 Å². The zero-order chi connectivity index (χ0) is 13.2. The van der Waals surface area contributed by atoms with Gasteiger partial charge < -0.3 is 9.84 Å². The maximum Gasteiger partial charge on any atom is 0.126 e. The van der Waals surface area contributed by atoms with Gasteiger partial charge in [0.1, 0.15) is 5.75 Å². The third-order valence-electron chi connectivity index (χ3n) is 3.31. The Morgan fingerprint density at radius 3 is 3.11 bits per heavy atom. The molecule has 1 unspecified atom stereocenters. The third-order valence-corrected chi connectivity index (χ3v) is 3.53. The van der Waals surface area contributed by atoms with Gasteiger partial charge in [0.25, 0.3) is 0 Å². The van der Waals surface area contributed by atoms with Crippen molar-refractivity contribution >= 4 is 11.6 Å². The molecule has 0 fully saturated rings. The topological polar surface area (TPSA) is 42.4 Å². The minimum absolute atomic E-state index is 0.481. The first kappa shape index (κ1) is 12.5. The lowest BCUT2D eigenvalue weighted by Crippen LogP contribution is -2.03. The molecule has 4 heteroatoms. The molecule has 3 nitrogen and oxygen atoms in total. The second kappa shape index (κ2) is 5.19. The molecule has 0 bridgehead atoms. The maximum atomic E-state index is 10.3. The van der Waals surface area contributed by atoms with E-state index in [1.165, 1.54) is 0 Å². The van der Waals surface area contributed by atoms with Gasteiger partial charge in [-0.2, -0.15) is 0 Å². The molecule has 1 N–H and O–H groups in total. The van der Waals surface area contributed by atoms with Gasteiger partial charge in [-0.25, -0.2) is 0 Å². The maximum absolute atomic E-state index is 10.3. The number of nitrogens with zero attached hydrogens (tertiary/aromatic N) is 1. The summed E-state index contributed by atoms with van der Waals surface area (Å²) in [4.78, 5) is 4.02. The minimum Gasteiger partial charge on any atom is -0.493 e. The molecule has 1 aliphatic rings. The van der Waals surface area contributed by atoms with E-state index in [1.807, 2.05) is 24.3 Å². The summed E-state index contributed by atoms with van der Waals surface area (Å²) in [5, 5.41) is 10.9. The largest absolute Gasteiger partial charge is 0.493 e. The average molecular weight is 276 g/mol. The van der Waals surface area contributed by atoms with Crippen molar-refractivity contribution < 1.29 is 9.84 Å². The predicted molar refractivity (Wildman–Crippen MR) is 73.6 cm³/mol. The molecule has 0 aliphatic carbocycles. The first-order valence-corrected chi connectivity index (χ1v) is 6.64. The van der Waals surface area contributed by atoms with E-state index in [9.17, 15) is 5.11 Å². The summed E-state index contributed by atoms with van der Waals surface area (Å²) in [6.07, 6.45) is 4.13. The highest BCUT2D eigenvalue weighted by Gasteiger charge is 2.20. The van der Waals surface area contributed by atoms with E-state index in [0.29, 0.717) is 18.1 Å². The highest BCUT2D eigenvalue weighted by atomic mass is 35.5. The van der Waals surface area contributed by atoms with Crippen molar-refractivity contribution in [1.29, 1.82) is 0 Å². The van der Waals surface area contributed by atoms with Crippen LogP contribution in [0, 0.1) is 0 Å².